The molecule has 0 spiro atoms. The maximum atomic E-state index is 11.2. The summed E-state index contributed by atoms with van der Waals surface area (Å²) in [4.78, 5) is 11.2. The van der Waals surface area contributed by atoms with Gasteiger partial charge in [-0.15, -0.1) is 0 Å². The normalized spacial score (nSPS) is 10.5. The number of hydrogen-bond donors (Lipinski definition) is 0. The fourth-order valence-corrected chi connectivity index (χ4v) is 1.23. The molecule has 0 heterocycles. The Morgan fingerprint density at radius 3 is 2.36 bits per heavy atom. The van der Waals surface area contributed by atoms with Crippen LogP contribution in [0.4, 0.5) is 0 Å². The lowest BCUT2D eigenvalue weighted by atomic mass is 10.1. The first-order valence-corrected chi connectivity index (χ1v) is 4.56. The highest BCUT2D eigenvalue weighted by Gasteiger charge is 2.06. The largest absolute Gasteiger partial charge is 0.423 e. The lowest BCUT2D eigenvalue weighted by Crippen LogP contribution is -2.05. The molecule has 0 aliphatic heterocycles. The van der Waals surface area contributed by atoms with E-state index in [0.29, 0.717) is 5.75 Å². The van der Waals surface area contributed by atoms with Crippen molar-refractivity contribution in [3.63, 3.8) is 0 Å². The van der Waals surface area contributed by atoms with E-state index in [1.807, 2.05) is 32.0 Å². The second-order valence-corrected chi connectivity index (χ2v) is 3.14. The summed E-state index contributed by atoms with van der Waals surface area (Å²) in [5.41, 5.74) is 1.95. The number of esters is 1. The smallest absolute Gasteiger partial charge is 0.335 e. The predicted molar refractivity (Wildman–Crippen MR) is 56.4 cm³/mol. The summed E-state index contributed by atoms with van der Waals surface area (Å²) >= 11 is 0. The number of allylic oxidation sites excluding steroid dienone is 1. The average molecular weight is 190 g/mol. The molecule has 0 unspecified atom stereocenters. The summed E-state index contributed by atoms with van der Waals surface area (Å²) in [5, 5.41) is 0. The lowest BCUT2D eigenvalue weighted by Gasteiger charge is -2.07. The molecule has 0 fully saturated rings. The number of rotatable bonds is 2. The van der Waals surface area contributed by atoms with Crippen LogP contribution in [0.2, 0.25) is 0 Å². The van der Waals surface area contributed by atoms with E-state index in [1.54, 1.807) is 13.0 Å². The first-order chi connectivity index (χ1) is 6.65. The van der Waals surface area contributed by atoms with Gasteiger partial charge < -0.3 is 4.74 Å². The third-order valence-electron chi connectivity index (χ3n) is 1.91. The zero-order valence-corrected chi connectivity index (χ0v) is 8.70. The number of hydrogen-bond acceptors (Lipinski definition) is 2. The highest BCUT2D eigenvalue weighted by molar-refractivity contribution is 5.84. The van der Waals surface area contributed by atoms with Gasteiger partial charge in [0.2, 0.25) is 0 Å². The van der Waals surface area contributed by atoms with Crippen molar-refractivity contribution >= 4 is 5.97 Å². The van der Waals surface area contributed by atoms with Gasteiger partial charge in [-0.1, -0.05) is 24.3 Å². The van der Waals surface area contributed by atoms with Crippen LogP contribution in [0.1, 0.15) is 18.1 Å². The van der Waals surface area contributed by atoms with Crippen LogP contribution in [0.25, 0.3) is 0 Å². The van der Waals surface area contributed by atoms with Gasteiger partial charge in [0.15, 0.2) is 0 Å². The minimum Gasteiger partial charge on any atom is -0.423 e. The molecule has 14 heavy (non-hydrogen) atoms. The molecular formula is C12H14O2. The Kier molecular flexibility index (Phi) is 3.46. The van der Waals surface area contributed by atoms with Crippen LogP contribution in [0, 0.1) is 13.8 Å². The Morgan fingerprint density at radius 1 is 1.29 bits per heavy atom. The topological polar surface area (TPSA) is 26.3 Å². The zero-order valence-electron chi connectivity index (χ0n) is 8.70. The van der Waals surface area contributed by atoms with E-state index in [2.05, 4.69) is 0 Å². The minimum absolute atomic E-state index is 0.329. The molecule has 0 saturated heterocycles. The summed E-state index contributed by atoms with van der Waals surface area (Å²) in [6.45, 7) is 5.63. The first-order valence-electron chi connectivity index (χ1n) is 4.56. The zero-order chi connectivity index (χ0) is 10.6. The molecule has 2 nitrogen and oxygen atoms in total. The fourth-order valence-electron chi connectivity index (χ4n) is 1.23. The van der Waals surface area contributed by atoms with Crippen molar-refractivity contribution in [1.82, 2.24) is 0 Å². The highest BCUT2D eigenvalue weighted by Crippen LogP contribution is 2.22. The van der Waals surface area contributed by atoms with E-state index in [0.717, 1.165) is 11.1 Å². The molecule has 0 aromatic heterocycles. The maximum Gasteiger partial charge on any atom is 0.335 e. The number of aryl methyl sites for hydroxylation is 2. The quantitative estimate of drug-likeness (QED) is 0.407. The van der Waals surface area contributed by atoms with Crippen molar-refractivity contribution in [2.45, 2.75) is 20.8 Å². The van der Waals surface area contributed by atoms with Crippen molar-refractivity contribution < 1.29 is 9.53 Å². The van der Waals surface area contributed by atoms with Crippen molar-refractivity contribution in [2.75, 3.05) is 0 Å². The Morgan fingerprint density at radius 2 is 1.86 bits per heavy atom. The Balaban J connectivity index is 2.91. The van der Waals surface area contributed by atoms with Gasteiger partial charge in [0.05, 0.1) is 0 Å². The Bertz CT molecular complexity index is 344. The van der Waals surface area contributed by atoms with Gasteiger partial charge in [0.1, 0.15) is 5.75 Å². The molecule has 0 N–H and O–H groups in total. The Labute approximate surface area is 84.2 Å². The van der Waals surface area contributed by atoms with Crippen LogP contribution in [-0.2, 0) is 4.79 Å². The number of ether oxygens (including phenoxy) is 1. The van der Waals surface area contributed by atoms with Crippen molar-refractivity contribution in [2.24, 2.45) is 0 Å². The van der Waals surface area contributed by atoms with Crippen molar-refractivity contribution in [1.29, 1.82) is 0 Å². The summed E-state index contributed by atoms with van der Waals surface area (Å²) in [6.07, 6.45) is 3.07. The highest BCUT2D eigenvalue weighted by atomic mass is 16.5. The van der Waals surface area contributed by atoms with E-state index < -0.39 is 0 Å². The molecule has 0 aliphatic rings. The first kappa shape index (κ1) is 10.5. The molecule has 0 radical (unpaired) electrons. The summed E-state index contributed by atoms with van der Waals surface area (Å²) < 4.78 is 5.19. The second kappa shape index (κ2) is 4.61. The van der Waals surface area contributed by atoms with Gasteiger partial charge in [0.25, 0.3) is 0 Å². The van der Waals surface area contributed by atoms with Crippen LogP contribution in [0.3, 0.4) is 0 Å². The maximum absolute atomic E-state index is 11.2. The molecule has 1 rings (SSSR count). The van der Waals surface area contributed by atoms with E-state index in [9.17, 15) is 4.79 Å². The third-order valence-corrected chi connectivity index (χ3v) is 1.91. The number of benzene rings is 1. The monoisotopic (exact) mass is 190 g/mol. The fraction of sp³-hybridized carbons (Fsp3) is 0.250. The van der Waals surface area contributed by atoms with Crippen LogP contribution >= 0.6 is 0 Å². The summed E-state index contributed by atoms with van der Waals surface area (Å²) in [6, 6.07) is 5.79. The number of carbonyl (C=O) groups excluding carboxylic acids is 1. The van der Waals surface area contributed by atoms with E-state index >= 15 is 0 Å². The average Bonchev–Trinajstić information content (AvgIpc) is 2.12. The molecule has 0 aliphatic carbocycles. The third kappa shape index (κ3) is 2.46. The van der Waals surface area contributed by atoms with Gasteiger partial charge >= 0.3 is 5.97 Å². The molecular weight excluding hydrogens is 176 g/mol. The molecule has 0 saturated carbocycles. The van der Waals surface area contributed by atoms with E-state index in [-0.39, 0.29) is 5.97 Å². The molecule has 1 aromatic carbocycles. The minimum atomic E-state index is -0.329. The van der Waals surface area contributed by atoms with Gasteiger partial charge in [0, 0.05) is 6.08 Å². The van der Waals surface area contributed by atoms with E-state index in [4.69, 9.17) is 4.74 Å². The van der Waals surface area contributed by atoms with E-state index in [1.165, 1.54) is 6.08 Å². The van der Waals surface area contributed by atoms with Crippen LogP contribution in [0.15, 0.2) is 30.4 Å². The second-order valence-electron chi connectivity index (χ2n) is 3.14. The molecule has 0 amide bonds. The van der Waals surface area contributed by atoms with Gasteiger partial charge in [-0.25, -0.2) is 4.79 Å². The molecule has 0 bridgehead atoms. The predicted octanol–water partition coefficient (Wildman–Crippen LogP) is 2.78. The standard InChI is InChI=1S/C12H14O2/c1-4-6-11(13)14-12-9(2)7-5-8-10(12)3/h4-8H,1-3H3/b6-4+. The lowest BCUT2D eigenvalue weighted by molar-refractivity contribution is -0.129. The molecule has 74 valence electrons. The van der Waals surface area contributed by atoms with Gasteiger partial charge in [-0.3, -0.25) is 0 Å². The van der Waals surface area contributed by atoms with Crippen LogP contribution in [-0.4, -0.2) is 5.97 Å². The summed E-state index contributed by atoms with van der Waals surface area (Å²) in [7, 11) is 0. The number of para-hydroxylation sites is 1. The SMILES string of the molecule is C/C=C/C(=O)Oc1c(C)cccc1C. The van der Waals surface area contributed by atoms with Crippen LogP contribution < -0.4 is 4.74 Å². The summed E-state index contributed by atoms with van der Waals surface area (Å²) in [5.74, 6) is 0.334. The molecule has 0 atom stereocenters. The van der Waals surface area contributed by atoms with Gasteiger partial charge in [-0.2, -0.15) is 0 Å². The van der Waals surface area contributed by atoms with Crippen LogP contribution in [0.5, 0.6) is 5.75 Å². The van der Waals surface area contributed by atoms with Crippen molar-refractivity contribution in [3.8, 4) is 5.75 Å². The number of carbonyl (C=O) groups is 1. The van der Waals surface area contributed by atoms with Crippen molar-refractivity contribution in [3.05, 3.63) is 41.5 Å². The Hall–Kier alpha value is -1.57. The molecule has 2 heteroatoms. The molecule has 1 aromatic rings. The van der Waals surface area contributed by atoms with Gasteiger partial charge in [-0.05, 0) is 31.9 Å².